The second-order valence-corrected chi connectivity index (χ2v) is 14.6. The van der Waals surface area contributed by atoms with Crippen LogP contribution in [-0.4, -0.2) is 40.1 Å². The molecule has 0 aliphatic heterocycles. The Morgan fingerprint density at radius 2 is 1.81 bits per heavy atom. The first kappa shape index (κ1) is 20.4. The van der Waals surface area contributed by atoms with Crippen molar-refractivity contribution < 1.29 is 13.3 Å². The number of carbonyl (C=O) groups excluding carboxylic acids is 1. The normalized spacial score (nSPS) is 11.9. The van der Waals surface area contributed by atoms with Crippen molar-refractivity contribution in [3.05, 3.63) is 29.6 Å². The molecule has 7 heteroatoms. The van der Waals surface area contributed by atoms with E-state index in [0.717, 1.165) is 26.7 Å². The van der Waals surface area contributed by atoms with Crippen LogP contribution in [0.25, 0.3) is 0 Å². The summed E-state index contributed by atoms with van der Waals surface area (Å²) in [5.74, 6) is -0.0100. The van der Waals surface area contributed by atoms with Crippen LogP contribution in [0.4, 0.5) is 0 Å². The van der Waals surface area contributed by atoms with E-state index >= 15 is 0 Å². The molecule has 0 unspecified atom stereocenters. The van der Waals surface area contributed by atoms with Crippen molar-refractivity contribution in [1.29, 1.82) is 0 Å². The summed E-state index contributed by atoms with van der Waals surface area (Å²) in [6, 6.07) is 5.49. The lowest BCUT2D eigenvalue weighted by Crippen LogP contribution is -2.40. The van der Waals surface area contributed by atoms with E-state index in [4.69, 9.17) is 4.43 Å². The highest BCUT2D eigenvalue weighted by molar-refractivity contribution is 6.74. The number of carbonyl (C=O) groups is 1. The first-order valence-corrected chi connectivity index (χ1v) is 11.6. The Hall–Kier alpha value is -0.609. The number of aromatic nitrogens is 1. The van der Waals surface area contributed by atoms with Gasteiger partial charge in [-0.2, -0.15) is 0 Å². The van der Waals surface area contributed by atoms with Crippen molar-refractivity contribution in [3.8, 4) is 0 Å². The molecule has 0 N–H and O–H groups in total. The number of rotatable bonds is 4. The van der Waals surface area contributed by atoms with Crippen molar-refractivity contribution in [3.63, 3.8) is 0 Å². The molecule has 120 valence electrons. The zero-order valence-corrected chi connectivity index (χ0v) is 19.6. The van der Waals surface area contributed by atoms with E-state index in [1.54, 1.807) is 6.07 Å². The third kappa shape index (κ3) is 7.28. The third-order valence-electron chi connectivity index (χ3n) is 3.55. The monoisotopic (exact) mass is 343 g/mol. The fourth-order valence-electron chi connectivity index (χ4n) is 1.23. The van der Waals surface area contributed by atoms with Gasteiger partial charge in [0.05, 0.1) is 12.3 Å². The fourth-order valence-corrected chi connectivity index (χ4v) is 2.17. The van der Waals surface area contributed by atoms with E-state index < -0.39 is 8.32 Å². The van der Waals surface area contributed by atoms with Crippen molar-refractivity contribution >= 4 is 35.1 Å². The second-order valence-electron chi connectivity index (χ2n) is 6.53. The Balaban J connectivity index is 0.00000122. The Labute approximate surface area is 135 Å². The van der Waals surface area contributed by atoms with E-state index in [9.17, 15) is 4.79 Å². The highest BCUT2D eigenvalue weighted by Gasteiger charge is 2.37. The molecule has 1 aromatic rings. The van der Waals surface area contributed by atoms with Crippen LogP contribution in [-0.2, 0) is 15.1 Å². The highest BCUT2D eigenvalue weighted by atomic mass is 28.4. The maximum Gasteiger partial charge on any atom is 0.192 e. The molecular formula is C14H29NO3Si3. The van der Waals surface area contributed by atoms with Crippen molar-refractivity contribution in [2.75, 3.05) is 0 Å². The molecule has 0 atom stereocenters. The lowest BCUT2D eigenvalue weighted by molar-refractivity contribution is 0.101. The van der Waals surface area contributed by atoms with Gasteiger partial charge in [-0.15, -0.1) is 0 Å². The van der Waals surface area contributed by atoms with Gasteiger partial charge < -0.3 is 8.54 Å². The average molecular weight is 344 g/mol. The van der Waals surface area contributed by atoms with Crippen LogP contribution in [0.1, 0.15) is 43.9 Å². The van der Waals surface area contributed by atoms with Gasteiger partial charge in [-0.05, 0) is 30.3 Å². The summed E-state index contributed by atoms with van der Waals surface area (Å²) in [5, 5.41) is 0.186. The smallest absolute Gasteiger partial charge is 0.192 e. The number of ketones is 1. The molecule has 0 saturated carbocycles. The molecule has 1 heterocycles. The molecule has 0 spiro atoms. The first-order chi connectivity index (χ1) is 9.55. The fraction of sp³-hybridized carbons (Fsp3) is 0.571. The van der Waals surface area contributed by atoms with Crippen molar-refractivity contribution in [1.82, 2.24) is 4.98 Å². The standard InChI is InChI=1S/C14H23NO2Si.H6OSi2/c1-11(16)13-9-7-8-12(15-13)10-17-18(5,6)14(2,3)4;2-1-3/h7-9H,10H2,1-6H3;2-3H3. The van der Waals surface area contributed by atoms with Crippen LogP contribution in [0, 0.1) is 0 Å². The summed E-state index contributed by atoms with van der Waals surface area (Å²) in [5.41, 5.74) is 1.33. The summed E-state index contributed by atoms with van der Waals surface area (Å²) in [6.45, 7) is 13.1. The molecule has 0 aliphatic carbocycles. The molecule has 21 heavy (non-hydrogen) atoms. The summed E-state index contributed by atoms with van der Waals surface area (Å²) in [7, 11) is 0.104. The molecule has 0 saturated heterocycles. The van der Waals surface area contributed by atoms with Gasteiger partial charge in [-0.3, -0.25) is 4.79 Å². The molecule has 0 aromatic carbocycles. The van der Waals surface area contributed by atoms with Gasteiger partial charge in [0.1, 0.15) is 26.7 Å². The summed E-state index contributed by atoms with van der Waals surface area (Å²) < 4.78 is 10.6. The van der Waals surface area contributed by atoms with Gasteiger partial charge in [0.2, 0.25) is 0 Å². The Morgan fingerprint density at radius 3 is 2.24 bits per heavy atom. The lowest BCUT2D eigenvalue weighted by Gasteiger charge is -2.36. The molecule has 0 fully saturated rings. The van der Waals surface area contributed by atoms with Crippen LogP contribution in [0.3, 0.4) is 0 Å². The predicted octanol–water partition coefficient (Wildman–Crippen LogP) is 1.37. The van der Waals surface area contributed by atoms with Gasteiger partial charge in [0.15, 0.2) is 14.1 Å². The second kappa shape index (κ2) is 8.74. The molecule has 1 rings (SSSR count). The molecular weight excluding hydrogens is 314 g/mol. The Morgan fingerprint density at radius 1 is 1.29 bits per heavy atom. The molecule has 0 aliphatic rings. The lowest BCUT2D eigenvalue weighted by atomic mass is 10.2. The minimum Gasteiger partial charge on any atom is -0.471 e. The topological polar surface area (TPSA) is 48.4 Å². The van der Waals surface area contributed by atoms with Crippen LogP contribution in [0.15, 0.2) is 18.2 Å². The van der Waals surface area contributed by atoms with Gasteiger partial charge in [-0.1, -0.05) is 26.8 Å². The number of pyridine rings is 1. The quantitative estimate of drug-likeness (QED) is 0.612. The van der Waals surface area contributed by atoms with Crippen LogP contribution < -0.4 is 0 Å². The van der Waals surface area contributed by atoms with Crippen LogP contribution >= 0.6 is 0 Å². The highest BCUT2D eigenvalue weighted by Crippen LogP contribution is 2.36. The first-order valence-electron chi connectivity index (χ1n) is 7.06. The summed E-state index contributed by atoms with van der Waals surface area (Å²) in [6.07, 6.45) is 0. The van der Waals surface area contributed by atoms with E-state index in [-0.39, 0.29) is 10.8 Å². The van der Waals surface area contributed by atoms with Crippen molar-refractivity contribution in [2.24, 2.45) is 0 Å². The van der Waals surface area contributed by atoms with Gasteiger partial charge in [0.25, 0.3) is 0 Å². The minimum absolute atomic E-state index is 0.0100. The molecule has 0 bridgehead atoms. The zero-order chi connectivity index (χ0) is 16.7. The minimum atomic E-state index is -1.76. The van der Waals surface area contributed by atoms with Gasteiger partial charge in [0, 0.05) is 6.92 Å². The molecule has 4 nitrogen and oxygen atoms in total. The SMILES string of the molecule is CC(=O)c1cccc(CO[Si](C)(C)C(C)(C)C)n1.[SiH3]O[SiH3]. The number of hydrogen-bond acceptors (Lipinski definition) is 4. The molecule has 0 radical (unpaired) electrons. The largest absolute Gasteiger partial charge is 0.471 e. The summed E-state index contributed by atoms with van der Waals surface area (Å²) >= 11 is 0. The van der Waals surface area contributed by atoms with E-state index in [1.165, 1.54) is 6.92 Å². The van der Waals surface area contributed by atoms with Gasteiger partial charge in [-0.25, -0.2) is 4.98 Å². The Kier molecular flexibility index (Phi) is 8.49. The number of Topliss-reactive ketones (excluding diaryl/α,β-unsaturated/α-hetero) is 1. The maximum atomic E-state index is 11.3. The summed E-state index contributed by atoms with van der Waals surface area (Å²) in [4.78, 5) is 15.6. The number of hydrogen-bond donors (Lipinski definition) is 0. The average Bonchev–Trinajstić information content (AvgIpc) is 2.36. The molecule has 1 aromatic heterocycles. The maximum absolute atomic E-state index is 11.3. The van der Waals surface area contributed by atoms with E-state index in [0.29, 0.717) is 12.3 Å². The number of nitrogens with zero attached hydrogens (tertiary/aromatic N) is 1. The van der Waals surface area contributed by atoms with Gasteiger partial charge >= 0.3 is 0 Å². The van der Waals surface area contributed by atoms with Crippen LogP contribution in [0.5, 0.6) is 0 Å². The van der Waals surface area contributed by atoms with Crippen LogP contribution in [0.2, 0.25) is 18.1 Å². The third-order valence-corrected chi connectivity index (χ3v) is 8.03. The van der Waals surface area contributed by atoms with Crippen molar-refractivity contribution in [2.45, 2.75) is 52.4 Å². The van der Waals surface area contributed by atoms with E-state index in [1.807, 2.05) is 12.1 Å². The molecule has 0 amide bonds. The van der Waals surface area contributed by atoms with E-state index in [2.05, 4.69) is 43.0 Å². The zero-order valence-electron chi connectivity index (χ0n) is 14.6. The predicted molar refractivity (Wildman–Crippen MR) is 97.2 cm³/mol. The Bertz CT molecular complexity index is 459.